The van der Waals surface area contributed by atoms with Crippen LogP contribution in [0.3, 0.4) is 0 Å². The maximum atomic E-state index is 13.4. The molecule has 0 unspecified atom stereocenters. The maximum Gasteiger partial charge on any atom is 0.335 e. The first-order valence-electron chi connectivity index (χ1n) is 11.4. The van der Waals surface area contributed by atoms with Crippen molar-refractivity contribution in [3.63, 3.8) is 0 Å². The lowest BCUT2D eigenvalue weighted by Crippen LogP contribution is -2.03. The third-order valence-electron chi connectivity index (χ3n) is 6.21. The Morgan fingerprint density at radius 2 is 1.65 bits per heavy atom. The Bertz CT molecular complexity index is 1880. The number of pyridine rings is 1. The van der Waals surface area contributed by atoms with Crippen LogP contribution >= 0.6 is 0 Å². The standard InChI is InChI=1S/C30H17N3O4/c31-16-21-14-25-20(15-27(21)37-22-10-8-17(9-11-22)30(35)36)12-19-5-3-6-23(28(19)33-25)29(34)26-13-18-4-1-2-7-24(18)32-26/h1-15,32H,(H,35,36). The number of rotatable bonds is 5. The largest absolute Gasteiger partial charge is 0.478 e. The Labute approximate surface area is 210 Å². The second kappa shape index (κ2) is 8.63. The van der Waals surface area contributed by atoms with Crippen molar-refractivity contribution in [2.24, 2.45) is 0 Å². The molecule has 2 N–H and O–H groups in total. The number of nitrogens with zero attached hydrogens (tertiary/aromatic N) is 2. The molecule has 0 saturated carbocycles. The Kier molecular flexibility index (Phi) is 5.13. The molecule has 0 spiro atoms. The van der Waals surface area contributed by atoms with E-state index in [1.807, 2.05) is 48.5 Å². The van der Waals surface area contributed by atoms with Crippen molar-refractivity contribution < 1.29 is 19.4 Å². The summed E-state index contributed by atoms with van der Waals surface area (Å²) in [5.41, 5.74) is 3.32. The smallest absolute Gasteiger partial charge is 0.335 e. The van der Waals surface area contributed by atoms with Gasteiger partial charge in [-0.3, -0.25) is 4.79 Å². The number of aromatic nitrogens is 2. The monoisotopic (exact) mass is 483 g/mol. The topological polar surface area (TPSA) is 116 Å². The second-order valence-electron chi connectivity index (χ2n) is 8.55. The summed E-state index contributed by atoms with van der Waals surface area (Å²) in [7, 11) is 0. The number of nitriles is 1. The molecule has 176 valence electrons. The van der Waals surface area contributed by atoms with Gasteiger partial charge in [0.2, 0.25) is 5.78 Å². The van der Waals surface area contributed by atoms with Crippen LogP contribution in [0.2, 0.25) is 0 Å². The number of nitrogens with one attached hydrogen (secondary N) is 1. The summed E-state index contributed by atoms with van der Waals surface area (Å²) < 4.78 is 5.90. The average molecular weight is 483 g/mol. The Morgan fingerprint density at radius 3 is 2.41 bits per heavy atom. The van der Waals surface area contributed by atoms with Crippen molar-refractivity contribution in [1.29, 1.82) is 5.26 Å². The van der Waals surface area contributed by atoms with Crippen molar-refractivity contribution in [3.8, 4) is 17.6 Å². The highest BCUT2D eigenvalue weighted by atomic mass is 16.5. The highest BCUT2D eigenvalue weighted by Gasteiger charge is 2.17. The number of hydrogen-bond donors (Lipinski definition) is 2. The number of H-pyrrole nitrogens is 1. The summed E-state index contributed by atoms with van der Waals surface area (Å²) in [5.74, 6) is -0.473. The maximum absolute atomic E-state index is 13.4. The lowest BCUT2D eigenvalue weighted by Gasteiger charge is -2.11. The van der Waals surface area contributed by atoms with E-state index < -0.39 is 5.97 Å². The first-order chi connectivity index (χ1) is 18.0. The number of aromatic carboxylic acids is 1. The zero-order valence-corrected chi connectivity index (χ0v) is 19.2. The lowest BCUT2D eigenvalue weighted by atomic mass is 10.0. The molecule has 0 atom stereocenters. The summed E-state index contributed by atoms with van der Waals surface area (Å²) in [4.78, 5) is 32.5. The molecule has 0 radical (unpaired) electrons. The van der Waals surface area contributed by atoms with E-state index in [9.17, 15) is 14.9 Å². The van der Waals surface area contributed by atoms with E-state index >= 15 is 0 Å². The van der Waals surface area contributed by atoms with Crippen molar-refractivity contribution in [2.75, 3.05) is 0 Å². The highest BCUT2D eigenvalue weighted by molar-refractivity contribution is 6.17. The molecule has 0 saturated heterocycles. The van der Waals surface area contributed by atoms with Gasteiger partial charge in [0.05, 0.1) is 33.4 Å². The number of carbonyl (C=O) groups is 2. The second-order valence-corrected chi connectivity index (χ2v) is 8.55. The van der Waals surface area contributed by atoms with Gasteiger partial charge in [0.15, 0.2) is 0 Å². The van der Waals surface area contributed by atoms with E-state index in [4.69, 9.17) is 14.8 Å². The molecule has 0 aliphatic rings. The summed E-state index contributed by atoms with van der Waals surface area (Å²) in [6.07, 6.45) is 0. The predicted molar refractivity (Wildman–Crippen MR) is 139 cm³/mol. The van der Waals surface area contributed by atoms with Gasteiger partial charge < -0.3 is 14.8 Å². The fourth-order valence-electron chi connectivity index (χ4n) is 4.38. The van der Waals surface area contributed by atoms with E-state index in [0.29, 0.717) is 33.8 Å². The van der Waals surface area contributed by atoms with Gasteiger partial charge in [-0.15, -0.1) is 0 Å². The third kappa shape index (κ3) is 3.93. The van der Waals surface area contributed by atoms with E-state index in [1.54, 1.807) is 18.2 Å². The Balaban J connectivity index is 1.42. The van der Waals surface area contributed by atoms with Crippen LogP contribution in [0.5, 0.6) is 11.5 Å². The number of aromatic amines is 1. The van der Waals surface area contributed by atoms with Crippen LogP contribution < -0.4 is 4.74 Å². The average Bonchev–Trinajstić information content (AvgIpc) is 3.35. The Hall–Kier alpha value is -5.48. The molecule has 4 aromatic carbocycles. The van der Waals surface area contributed by atoms with Crippen LogP contribution in [0.15, 0.2) is 91.0 Å². The lowest BCUT2D eigenvalue weighted by molar-refractivity contribution is 0.0696. The van der Waals surface area contributed by atoms with Gasteiger partial charge in [-0.1, -0.05) is 30.3 Å². The summed E-state index contributed by atoms with van der Waals surface area (Å²) in [6.45, 7) is 0. The van der Waals surface area contributed by atoms with Gasteiger partial charge in [0.25, 0.3) is 0 Å². The number of benzene rings is 4. The first-order valence-corrected chi connectivity index (χ1v) is 11.4. The van der Waals surface area contributed by atoms with Crippen molar-refractivity contribution >= 4 is 44.5 Å². The van der Waals surface area contributed by atoms with E-state index in [1.165, 1.54) is 24.3 Å². The van der Waals surface area contributed by atoms with Gasteiger partial charge in [-0.2, -0.15) is 5.26 Å². The number of carboxylic acid groups (broad SMARTS) is 1. The van der Waals surface area contributed by atoms with Gasteiger partial charge >= 0.3 is 5.97 Å². The molecule has 0 bridgehead atoms. The molecule has 0 amide bonds. The van der Waals surface area contributed by atoms with E-state index in [2.05, 4.69) is 11.1 Å². The number of hydrogen-bond acceptors (Lipinski definition) is 5. The third-order valence-corrected chi connectivity index (χ3v) is 6.21. The number of carbonyl (C=O) groups excluding carboxylic acids is 1. The fraction of sp³-hybridized carbons (Fsp3) is 0. The molecular weight excluding hydrogens is 466 g/mol. The zero-order chi connectivity index (χ0) is 25.5. The number of carboxylic acids is 1. The van der Waals surface area contributed by atoms with Crippen LogP contribution in [-0.4, -0.2) is 26.8 Å². The van der Waals surface area contributed by atoms with Crippen LogP contribution in [0, 0.1) is 11.3 Å². The molecule has 7 heteroatoms. The van der Waals surface area contributed by atoms with E-state index in [0.717, 1.165) is 21.7 Å². The molecule has 0 fully saturated rings. The summed E-state index contributed by atoms with van der Waals surface area (Å²) in [5, 5.41) is 21.3. The number of ketones is 1. The minimum absolute atomic E-state index is 0.139. The Morgan fingerprint density at radius 1 is 0.865 bits per heavy atom. The quantitative estimate of drug-likeness (QED) is 0.215. The van der Waals surface area contributed by atoms with Gasteiger partial charge in [-0.25, -0.2) is 9.78 Å². The van der Waals surface area contributed by atoms with Gasteiger partial charge in [0.1, 0.15) is 17.6 Å². The van der Waals surface area contributed by atoms with Crippen LogP contribution in [0.4, 0.5) is 0 Å². The molecule has 6 rings (SSSR count). The van der Waals surface area contributed by atoms with Crippen molar-refractivity contribution in [1.82, 2.24) is 9.97 Å². The normalized spacial score (nSPS) is 11.0. The molecule has 2 aromatic heterocycles. The van der Waals surface area contributed by atoms with Crippen molar-refractivity contribution in [3.05, 3.63) is 113 Å². The molecule has 2 heterocycles. The minimum Gasteiger partial charge on any atom is -0.478 e. The summed E-state index contributed by atoms with van der Waals surface area (Å²) in [6, 6.07) is 28.3. The van der Waals surface area contributed by atoms with Crippen LogP contribution in [0.25, 0.3) is 32.7 Å². The fourth-order valence-corrected chi connectivity index (χ4v) is 4.38. The highest BCUT2D eigenvalue weighted by Crippen LogP contribution is 2.32. The molecular formula is C30H17N3O4. The van der Waals surface area contributed by atoms with Crippen molar-refractivity contribution in [2.45, 2.75) is 0 Å². The molecule has 0 aliphatic heterocycles. The zero-order valence-electron chi connectivity index (χ0n) is 19.2. The molecule has 7 nitrogen and oxygen atoms in total. The predicted octanol–water partition coefficient (Wildman–Crippen LogP) is 6.46. The van der Waals surface area contributed by atoms with E-state index in [-0.39, 0.29) is 16.9 Å². The van der Waals surface area contributed by atoms with Gasteiger partial charge in [-0.05, 0) is 60.7 Å². The van der Waals surface area contributed by atoms with Crippen LogP contribution in [0.1, 0.15) is 32.0 Å². The molecule has 0 aliphatic carbocycles. The first kappa shape index (κ1) is 22.0. The van der Waals surface area contributed by atoms with Crippen LogP contribution in [-0.2, 0) is 0 Å². The van der Waals surface area contributed by atoms with Gasteiger partial charge in [0, 0.05) is 21.7 Å². The number of fused-ring (bicyclic) bond motifs is 3. The minimum atomic E-state index is -1.03. The molecule has 6 aromatic rings. The SMILES string of the molecule is N#Cc1cc2nc3c(C(=O)c4cc5ccccc5[nH]4)cccc3cc2cc1Oc1ccc(C(=O)O)cc1. The molecule has 37 heavy (non-hydrogen) atoms. The number of ether oxygens (including phenoxy) is 1. The number of para-hydroxylation sites is 2. The summed E-state index contributed by atoms with van der Waals surface area (Å²) >= 11 is 0.